The van der Waals surface area contributed by atoms with Gasteiger partial charge >= 0.3 is 11.8 Å². The predicted octanol–water partition coefficient (Wildman–Crippen LogP) is 3.01. The van der Waals surface area contributed by atoms with Gasteiger partial charge in [0, 0.05) is 18.1 Å². The zero-order chi connectivity index (χ0) is 22.8. The summed E-state index contributed by atoms with van der Waals surface area (Å²) < 4.78 is 0. The maximum Gasteiger partial charge on any atom is 0.313 e. The van der Waals surface area contributed by atoms with Crippen molar-refractivity contribution in [1.82, 2.24) is 14.9 Å². The lowest BCUT2D eigenvalue weighted by Crippen LogP contribution is -2.46. The summed E-state index contributed by atoms with van der Waals surface area (Å²) in [5, 5.41) is 3.56. The molecule has 1 saturated heterocycles. The summed E-state index contributed by atoms with van der Waals surface area (Å²) in [6, 6.07) is 10.5. The summed E-state index contributed by atoms with van der Waals surface area (Å²) in [5.41, 5.74) is 8.62. The van der Waals surface area contributed by atoms with E-state index in [0.717, 1.165) is 34.9 Å². The molecule has 3 aromatic rings. The summed E-state index contributed by atoms with van der Waals surface area (Å²) in [5.74, 6) is -0.551. The zero-order valence-corrected chi connectivity index (χ0v) is 18.2. The Hall–Kier alpha value is -3.68. The lowest BCUT2D eigenvalue weighted by atomic mass is 9.89. The van der Waals surface area contributed by atoms with Gasteiger partial charge in [0.1, 0.15) is 5.82 Å². The number of aryl methyl sites for hydroxylation is 1. The lowest BCUT2D eigenvalue weighted by molar-refractivity contribution is -0.146. The Morgan fingerprint density at radius 3 is 2.81 bits per heavy atom. The molecule has 2 unspecified atom stereocenters. The molecule has 1 aliphatic rings. The zero-order valence-electron chi connectivity index (χ0n) is 18.2. The van der Waals surface area contributed by atoms with E-state index in [2.05, 4.69) is 22.2 Å². The average Bonchev–Trinajstić information content (AvgIpc) is 2.79. The highest BCUT2D eigenvalue weighted by atomic mass is 16.2. The summed E-state index contributed by atoms with van der Waals surface area (Å²) in [6.45, 7) is 4.53. The van der Waals surface area contributed by atoms with Crippen LogP contribution < -0.4 is 16.6 Å². The molecule has 1 aromatic carbocycles. The van der Waals surface area contributed by atoms with Crippen molar-refractivity contribution in [2.75, 3.05) is 17.6 Å². The van der Waals surface area contributed by atoms with E-state index in [1.54, 1.807) is 17.0 Å². The van der Waals surface area contributed by atoms with Gasteiger partial charge in [-0.2, -0.15) is 0 Å². The molecule has 8 heteroatoms. The first kappa shape index (κ1) is 21.5. The van der Waals surface area contributed by atoms with E-state index < -0.39 is 11.8 Å². The van der Waals surface area contributed by atoms with Gasteiger partial charge in [0.2, 0.25) is 5.56 Å². The molecule has 0 aliphatic carbocycles. The number of hydrogen-bond acceptors (Lipinski definition) is 5. The fraction of sp³-hybridized carbons (Fsp3) is 0.333. The minimum Gasteiger partial charge on any atom is -0.383 e. The van der Waals surface area contributed by atoms with Crippen LogP contribution in [0.3, 0.4) is 0 Å². The Morgan fingerprint density at radius 2 is 2.03 bits per heavy atom. The Morgan fingerprint density at radius 1 is 1.22 bits per heavy atom. The monoisotopic (exact) mass is 433 g/mol. The number of carbonyl (C=O) groups excluding carboxylic acids is 2. The maximum absolute atomic E-state index is 13.2. The van der Waals surface area contributed by atoms with Gasteiger partial charge in [-0.15, -0.1) is 0 Å². The molecule has 2 aromatic heterocycles. The topological polar surface area (TPSA) is 121 Å². The van der Waals surface area contributed by atoms with E-state index in [1.807, 2.05) is 25.1 Å². The number of likely N-dealkylation sites (tertiary alicyclic amines) is 1. The lowest BCUT2D eigenvalue weighted by Gasteiger charge is -2.38. The number of amides is 2. The van der Waals surface area contributed by atoms with Crippen LogP contribution in [-0.4, -0.2) is 33.2 Å². The first-order valence-electron chi connectivity index (χ1n) is 10.8. The molecular weight excluding hydrogens is 406 g/mol. The molecule has 8 nitrogen and oxygen atoms in total. The largest absolute Gasteiger partial charge is 0.383 e. The molecule has 1 aliphatic heterocycles. The van der Waals surface area contributed by atoms with E-state index in [1.165, 1.54) is 12.3 Å². The molecule has 2 amide bonds. The number of pyridine rings is 2. The number of H-pyrrole nitrogens is 1. The van der Waals surface area contributed by atoms with E-state index >= 15 is 0 Å². The van der Waals surface area contributed by atoms with Gasteiger partial charge in [-0.05, 0) is 66.0 Å². The first-order chi connectivity index (χ1) is 15.4. The number of piperidine rings is 1. The van der Waals surface area contributed by atoms with Crippen LogP contribution in [-0.2, 0) is 16.0 Å². The molecule has 166 valence electrons. The maximum atomic E-state index is 13.2. The van der Waals surface area contributed by atoms with E-state index in [0.29, 0.717) is 30.4 Å². The van der Waals surface area contributed by atoms with Crippen LogP contribution in [0.15, 0.2) is 47.4 Å². The highest BCUT2D eigenvalue weighted by molar-refractivity contribution is 6.39. The van der Waals surface area contributed by atoms with Gasteiger partial charge in [0.25, 0.3) is 0 Å². The van der Waals surface area contributed by atoms with E-state index in [-0.39, 0.29) is 11.6 Å². The third kappa shape index (κ3) is 4.34. The van der Waals surface area contributed by atoms with Crippen LogP contribution >= 0.6 is 0 Å². The molecule has 32 heavy (non-hydrogen) atoms. The Bertz CT molecular complexity index is 1240. The second kappa shape index (κ2) is 8.82. The minimum atomic E-state index is -0.692. The molecule has 4 N–H and O–H groups in total. The van der Waals surface area contributed by atoms with Crippen molar-refractivity contribution in [2.45, 2.75) is 39.2 Å². The van der Waals surface area contributed by atoms with E-state index in [9.17, 15) is 14.4 Å². The van der Waals surface area contributed by atoms with Crippen LogP contribution in [0.25, 0.3) is 10.9 Å². The number of anilines is 2. The molecule has 3 heterocycles. The van der Waals surface area contributed by atoms with Gasteiger partial charge in [0.15, 0.2) is 0 Å². The molecule has 4 rings (SSSR count). The number of aromatic nitrogens is 2. The number of hydrogen-bond donors (Lipinski definition) is 3. The number of rotatable bonds is 3. The third-order valence-corrected chi connectivity index (χ3v) is 6.05. The second-order valence-corrected chi connectivity index (χ2v) is 8.40. The van der Waals surface area contributed by atoms with Gasteiger partial charge in [-0.1, -0.05) is 19.9 Å². The molecule has 1 fully saturated rings. The number of fused-ring (bicyclic) bond motifs is 1. The predicted molar refractivity (Wildman–Crippen MR) is 124 cm³/mol. The number of nitrogens with zero attached hydrogens (tertiary/aromatic N) is 2. The highest BCUT2D eigenvalue weighted by Gasteiger charge is 2.34. The summed E-state index contributed by atoms with van der Waals surface area (Å²) in [7, 11) is 0. The Kier molecular flexibility index (Phi) is 5.94. The molecule has 0 spiro atoms. The number of nitrogens with one attached hydrogen (secondary N) is 2. The quantitative estimate of drug-likeness (QED) is 0.548. The van der Waals surface area contributed by atoms with Crippen molar-refractivity contribution >= 4 is 34.2 Å². The molecule has 2 atom stereocenters. The molecular formula is C24H27N5O3. The SMILES string of the molecule is CCc1cc(NC(=O)C(=O)N2CC(C)CCC2c2ccc3[nH]c(=O)ccc3c2)cnc1N. The smallest absolute Gasteiger partial charge is 0.313 e. The van der Waals surface area contributed by atoms with Crippen LogP contribution in [0.5, 0.6) is 0 Å². The Labute approximate surface area is 185 Å². The van der Waals surface area contributed by atoms with Gasteiger partial charge in [0.05, 0.1) is 17.9 Å². The van der Waals surface area contributed by atoms with Crippen molar-refractivity contribution in [1.29, 1.82) is 0 Å². The van der Waals surface area contributed by atoms with Gasteiger partial charge in [-0.3, -0.25) is 14.4 Å². The number of nitrogens with two attached hydrogens (primary N) is 1. The number of benzene rings is 1. The number of nitrogen functional groups attached to an aromatic ring is 1. The van der Waals surface area contributed by atoms with Crippen molar-refractivity contribution in [3.8, 4) is 0 Å². The van der Waals surface area contributed by atoms with Gasteiger partial charge in [-0.25, -0.2) is 4.98 Å². The summed E-state index contributed by atoms with van der Waals surface area (Å²) in [4.78, 5) is 46.1. The van der Waals surface area contributed by atoms with Crippen LogP contribution in [0.1, 0.15) is 43.9 Å². The van der Waals surface area contributed by atoms with Crippen LogP contribution in [0.4, 0.5) is 11.5 Å². The second-order valence-electron chi connectivity index (χ2n) is 8.40. The average molecular weight is 434 g/mol. The fourth-order valence-electron chi connectivity index (χ4n) is 4.29. The molecule has 0 radical (unpaired) electrons. The van der Waals surface area contributed by atoms with Crippen LogP contribution in [0, 0.1) is 5.92 Å². The first-order valence-corrected chi connectivity index (χ1v) is 10.8. The van der Waals surface area contributed by atoms with Crippen molar-refractivity contribution in [3.63, 3.8) is 0 Å². The minimum absolute atomic E-state index is 0.159. The Balaban J connectivity index is 1.59. The van der Waals surface area contributed by atoms with Crippen molar-refractivity contribution in [2.24, 2.45) is 5.92 Å². The van der Waals surface area contributed by atoms with E-state index in [4.69, 9.17) is 5.73 Å². The van der Waals surface area contributed by atoms with Crippen molar-refractivity contribution in [3.05, 3.63) is 64.1 Å². The summed E-state index contributed by atoms with van der Waals surface area (Å²) in [6.07, 6.45) is 3.86. The van der Waals surface area contributed by atoms with Crippen molar-refractivity contribution < 1.29 is 9.59 Å². The normalized spacial score (nSPS) is 18.5. The van der Waals surface area contributed by atoms with Crippen LogP contribution in [0.2, 0.25) is 0 Å². The fourth-order valence-corrected chi connectivity index (χ4v) is 4.29. The molecule has 0 saturated carbocycles. The van der Waals surface area contributed by atoms with Gasteiger partial charge < -0.3 is 20.9 Å². The number of carbonyl (C=O) groups is 2. The standard InChI is InChI=1S/C24H27N5O3/c1-3-15-11-18(12-26-22(15)25)27-23(31)24(32)29-13-14(2)4-8-20(29)17-5-7-19-16(10-17)6-9-21(30)28-19/h5-7,9-12,14,20H,3-4,8,13H2,1-2H3,(H2,25,26)(H,27,31)(H,28,30). The number of aromatic amines is 1. The molecule has 0 bridgehead atoms. The third-order valence-electron chi connectivity index (χ3n) is 6.05. The highest BCUT2D eigenvalue weighted by Crippen LogP contribution is 2.34. The summed E-state index contributed by atoms with van der Waals surface area (Å²) >= 11 is 0.